The van der Waals surface area contributed by atoms with E-state index in [4.69, 9.17) is 13.6 Å². The zero-order chi connectivity index (χ0) is 42.8. The number of ketones is 3. The molecule has 0 aliphatic rings. The van der Waals surface area contributed by atoms with Gasteiger partial charge in [-0.2, -0.15) is 0 Å². The molecule has 0 aliphatic heterocycles. The Bertz CT molecular complexity index is 2040. The summed E-state index contributed by atoms with van der Waals surface area (Å²) < 4.78 is 18.4. The minimum absolute atomic E-state index is 0.0246. The fraction of sp³-hybridized carbons (Fsp3) is 0.167. The van der Waals surface area contributed by atoms with E-state index in [1.54, 1.807) is 0 Å². The van der Waals surface area contributed by atoms with Gasteiger partial charge in [0, 0.05) is 36.0 Å². The third kappa shape index (κ3) is 12.5. The number of benzene rings is 6. The van der Waals surface area contributed by atoms with Gasteiger partial charge in [0.05, 0.1) is 19.8 Å². The van der Waals surface area contributed by atoms with Crippen molar-refractivity contribution in [2.75, 3.05) is 19.8 Å². The molecule has 308 valence electrons. The summed E-state index contributed by atoms with van der Waals surface area (Å²) in [5.74, 6) is -0.227. The second-order valence-corrected chi connectivity index (χ2v) is 15.7. The Balaban J connectivity index is 1.17. The van der Waals surface area contributed by atoms with Crippen LogP contribution in [0, 0.1) is 0 Å². The van der Waals surface area contributed by atoms with E-state index in [2.05, 4.69) is 0 Å². The second kappa shape index (κ2) is 23.0. The molecule has 0 radical (unpaired) electrons. The van der Waals surface area contributed by atoms with Gasteiger partial charge in [0.15, 0.2) is 17.3 Å². The zero-order valence-corrected chi connectivity index (χ0v) is 35.9. The first kappa shape index (κ1) is 44.4. The molecular weight excluding hydrogens is 776 g/mol. The van der Waals surface area contributed by atoms with Crippen LogP contribution in [0.15, 0.2) is 199 Å². The van der Waals surface area contributed by atoms with Crippen LogP contribution in [0.1, 0.15) is 73.4 Å². The Morgan fingerprint density at radius 3 is 0.689 bits per heavy atom. The van der Waals surface area contributed by atoms with Crippen LogP contribution in [0.3, 0.4) is 0 Å². The summed E-state index contributed by atoms with van der Waals surface area (Å²) in [5.41, 5.74) is 10.1. The monoisotopic (exact) mass is 826 g/mol. The van der Waals surface area contributed by atoms with E-state index >= 15 is 0 Å². The van der Waals surface area contributed by atoms with Crippen LogP contribution >= 0.6 is 8.60 Å². The van der Waals surface area contributed by atoms with E-state index in [0.717, 1.165) is 50.1 Å². The largest absolute Gasteiger partial charge is 0.332 e. The average molecular weight is 827 g/mol. The predicted molar refractivity (Wildman–Crippen MR) is 247 cm³/mol. The number of allylic oxidation sites excluding steroid dienone is 3. The summed E-state index contributed by atoms with van der Waals surface area (Å²) in [6, 6.07) is 59.2. The lowest BCUT2D eigenvalue weighted by Crippen LogP contribution is -2.11. The van der Waals surface area contributed by atoms with E-state index in [1.165, 1.54) is 0 Å². The van der Waals surface area contributed by atoms with Gasteiger partial charge in [-0.15, -0.1) is 0 Å². The van der Waals surface area contributed by atoms with Gasteiger partial charge in [-0.1, -0.05) is 182 Å². The van der Waals surface area contributed by atoms with Gasteiger partial charge in [0.1, 0.15) is 0 Å². The third-order valence-corrected chi connectivity index (χ3v) is 11.5. The van der Waals surface area contributed by atoms with Crippen molar-refractivity contribution in [3.8, 4) is 0 Å². The minimum Gasteiger partial charge on any atom is -0.312 e. The second-order valence-electron chi connectivity index (χ2n) is 14.4. The fourth-order valence-electron chi connectivity index (χ4n) is 7.16. The quantitative estimate of drug-likeness (QED) is 0.0531. The molecule has 0 atom stereocenters. The molecule has 0 fully saturated rings. The smallest absolute Gasteiger partial charge is 0.312 e. The van der Waals surface area contributed by atoms with Crippen LogP contribution in [0.5, 0.6) is 0 Å². The first-order chi connectivity index (χ1) is 29.8. The van der Waals surface area contributed by atoms with Crippen molar-refractivity contribution >= 4 is 42.7 Å². The first-order valence-electron chi connectivity index (χ1n) is 20.6. The zero-order valence-electron chi connectivity index (χ0n) is 35.0. The molecule has 0 aliphatic carbocycles. The molecule has 0 spiro atoms. The van der Waals surface area contributed by atoms with Crippen molar-refractivity contribution in [1.29, 1.82) is 0 Å². The maximum atomic E-state index is 13.8. The van der Waals surface area contributed by atoms with Crippen LogP contribution in [0.25, 0.3) is 16.7 Å². The Morgan fingerprint density at radius 1 is 0.328 bits per heavy atom. The summed E-state index contributed by atoms with van der Waals surface area (Å²) in [4.78, 5) is 41.3. The van der Waals surface area contributed by atoms with Gasteiger partial charge in [0.25, 0.3) is 0 Å². The lowest BCUT2D eigenvalue weighted by Gasteiger charge is -2.18. The van der Waals surface area contributed by atoms with E-state index in [9.17, 15) is 14.4 Å². The highest BCUT2D eigenvalue weighted by atomic mass is 31.2. The molecule has 7 heteroatoms. The van der Waals surface area contributed by atoms with Gasteiger partial charge in [-0.05, 0) is 70.9 Å². The van der Waals surface area contributed by atoms with Gasteiger partial charge in [0.2, 0.25) is 0 Å². The van der Waals surface area contributed by atoms with Crippen LogP contribution in [0.2, 0.25) is 0 Å². The summed E-state index contributed by atoms with van der Waals surface area (Å²) in [6.07, 6.45) is 0.241. The topological polar surface area (TPSA) is 78.9 Å². The van der Waals surface area contributed by atoms with Gasteiger partial charge < -0.3 is 13.6 Å². The molecule has 6 aromatic rings. The molecule has 61 heavy (non-hydrogen) atoms. The standard InChI is InChI=1S/C54H51O6P/c1-40(52(43-22-10-4-11-23-43)44-24-12-5-13-25-44)49(55)34-37-58-61(59-38-35-50(56)41(2)53(45-26-14-6-15-27-45)46-28-16-7-17-29-46)60-39-36-51(57)42(3)54(47-30-18-8-19-31-47)48-32-20-9-21-33-48/h4-33H,34-39H2,1-3H3. The summed E-state index contributed by atoms with van der Waals surface area (Å²) in [6.45, 7) is 5.60. The van der Waals surface area contributed by atoms with E-state index < -0.39 is 8.60 Å². The van der Waals surface area contributed by atoms with E-state index in [1.807, 2.05) is 203 Å². The maximum Gasteiger partial charge on any atom is 0.332 e. The molecule has 0 saturated heterocycles. The molecular formula is C54H51O6P. The van der Waals surface area contributed by atoms with Crippen molar-refractivity contribution in [2.24, 2.45) is 0 Å². The number of hydrogen-bond acceptors (Lipinski definition) is 6. The van der Waals surface area contributed by atoms with Gasteiger partial charge in [-0.3, -0.25) is 14.4 Å². The van der Waals surface area contributed by atoms with Crippen LogP contribution in [-0.4, -0.2) is 37.2 Å². The van der Waals surface area contributed by atoms with Crippen molar-refractivity contribution in [3.05, 3.63) is 232 Å². The normalized spacial score (nSPS) is 10.8. The Labute approximate surface area is 361 Å². The van der Waals surface area contributed by atoms with Crippen LogP contribution < -0.4 is 0 Å². The summed E-state index contributed by atoms with van der Waals surface area (Å²) >= 11 is 0. The Kier molecular flexibility index (Phi) is 16.8. The fourth-order valence-corrected chi connectivity index (χ4v) is 8.10. The number of Topliss-reactive ketones (excluding diaryl/α,β-unsaturated/α-hetero) is 3. The van der Waals surface area contributed by atoms with Crippen molar-refractivity contribution in [1.82, 2.24) is 0 Å². The summed E-state index contributed by atoms with van der Waals surface area (Å²) in [7, 11) is -2.02. The number of carbonyl (C=O) groups excluding carboxylic acids is 3. The highest BCUT2D eigenvalue weighted by molar-refractivity contribution is 7.41. The molecule has 0 heterocycles. The molecule has 0 bridgehead atoms. The molecule has 0 aromatic heterocycles. The number of hydrogen-bond donors (Lipinski definition) is 0. The van der Waals surface area contributed by atoms with Gasteiger partial charge >= 0.3 is 8.60 Å². The molecule has 6 nitrogen and oxygen atoms in total. The molecule has 6 rings (SSSR count). The van der Waals surface area contributed by atoms with Crippen molar-refractivity contribution in [3.63, 3.8) is 0 Å². The Morgan fingerprint density at radius 2 is 0.508 bits per heavy atom. The highest BCUT2D eigenvalue weighted by Crippen LogP contribution is 2.41. The lowest BCUT2D eigenvalue weighted by molar-refractivity contribution is -0.116. The molecule has 0 N–H and O–H groups in total. The maximum absolute atomic E-state index is 13.8. The Hall–Kier alpha value is -6.14. The van der Waals surface area contributed by atoms with Crippen molar-refractivity contribution in [2.45, 2.75) is 40.0 Å². The molecule has 0 unspecified atom stereocenters. The first-order valence-corrected chi connectivity index (χ1v) is 21.6. The highest BCUT2D eigenvalue weighted by Gasteiger charge is 2.21. The molecule has 6 aromatic carbocycles. The molecule has 0 saturated carbocycles. The number of rotatable bonds is 21. The lowest BCUT2D eigenvalue weighted by atomic mass is 9.91. The number of carbonyl (C=O) groups is 3. The van der Waals surface area contributed by atoms with E-state index in [-0.39, 0.29) is 56.4 Å². The average Bonchev–Trinajstić information content (AvgIpc) is 3.31. The summed E-state index contributed by atoms with van der Waals surface area (Å²) in [5, 5.41) is 0. The van der Waals surface area contributed by atoms with Gasteiger partial charge in [-0.25, -0.2) is 0 Å². The van der Waals surface area contributed by atoms with Crippen molar-refractivity contribution < 1.29 is 28.0 Å². The van der Waals surface area contributed by atoms with E-state index in [0.29, 0.717) is 16.7 Å². The minimum atomic E-state index is -2.02. The third-order valence-electron chi connectivity index (χ3n) is 10.3. The predicted octanol–water partition coefficient (Wildman–Crippen LogP) is 12.7. The van der Waals surface area contributed by atoms with Crippen LogP contribution in [0.4, 0.5) is 0 Å². The molecule has 0 amide bonds. The SMILES string of the molecule is CC(C(=O)CCOP(OCCC(=O)C(C)=C(c1ccccc1)c1ccccc1)OCCC(=O)C(C)=C(c1ccccc1)c1ccccc1)=C(c1ccccc1)c1ccccc1. The van der Waals surface area contributed by atoms with Crippen LogP contribution in [-0.2, 0) is 28.0 Å².